The van der Waals surface area contributed by atoms with Crippen LogP contribution in [-0.2, 0) is 24.4 Å². The van der Waals surface area contributed by atoms with Gasteiger partial charge in [0, 0.05) is 56.3 Å². The minimum absolute atomic E-state index is 0.198. The third-order valence-electron chi connectivity index (χ3n) is 6.76. The molecule has 2 unspecified atom stereocenters. The Labute approximate surface area is 198 Å². The van der Waals surface area contributed by atoms with Gasteiger partial charge in [0.1, 0.15) is 5.82 Å². The number of aliphatic carboxylic acids is 1. The van der Waals surface area contributed by atoms with E-state index in [9.17, 15) is 22.8 Å². The summed E-state index contributed by atoms with van der Waals surface area (Å²) in [5, 5.41) is 11.8. The van der Waals surface area contributed by atoms with Crippen molar-refractivity contribution in [3.63, 3.8) is 0 Å². The summed E-state index contributed by atoms with van der Waals surface area (Å²) in [6.07, 6.45) is 0.106. The van der Waals surface area contributed by atoms with Crippen molar-refractivity contribution in [2.45, 2.75) is 51.0 Å². The van der Waals surface area contributed by atoms with Crippen LogP contribution in [0.4, 0.5) is 13.2 Å². The molecule has 3 aliphatic rings. The quantitative estimate of drug-likeness (QED) is 0.617. The fraction of sp³-hybridized carbons (Fsp3) is 0.591. The van der Waals surface area contributed by atoms with Crippen LogP contribution in [0.5, 0.6) is 5.88 Å². The third kappa shape index (κ3) is 5.24. The molecule has 5 rings (SSSR count). The summed E-state index contributed by atoms with van der Waals surface area (Å²) in [6, 6.07) is 3.96. The van der Waals surface area contributed by atoms with E-state index in [0.29, 0.717) is 30.8 Å². The highest BCUT2D eigenvalue weighted by atomic mass is 19.4. The van der Waals surface area contributed by atoms with Crippen molar-refractivity contribution in [3.05, 3.63) is 50.4 Å². The standard InChI is InChI=1S/C20H25N5O3.C2HF3O2/c1-28-18-14(6-3-7-21-18)9-23-10-15-11-24-17(16(15)12-23)22-25(20(27)19(24)26)8-13-4-2-5-13;3-2(4,5)1(6)7/h3,6-7,13,15-16H,2,4-5,8-12H2,1H3;(H,6,7). The van der Waals surface area contributed by atoms with E-state index in [1.165, 1.54) is 11.1 Å². The number of fused-ring (bicyclic) bond motifs is 3. The Bertz CT molecular complexity index is 1210. The highest BCUT2D eigenvalue weighted by Gasteiger charge is 2.43. The molecule has 0 spiro atoms. The number of halogens is 3. The summed E-state index contributed by atoms with van der Waals surface area (Å²) >= 11 is 0. The van der Waals surface area contributed by atoms with E-state index in [-0.39, 0.29) is 5.92 Å². The zero-order valence-corrected chi connectivity index (χ0v) is 19.1. The van der Waals surface area contributed by atoms with Crippen LogP contribution in [0.3, 0.4) is 0 Å². The second kappa shape index (κ2) is 9.80. The molecule has 35 heavy (non-hydrogen) atoms. The fourth-order valence-corrected chi connectivity index (χ4v) is 4.82. The van der Waals surface area contributed by atoms with Gasteiger partial charge in [0.25, 0.3) is 0 Å². The predicted octanol–water partition coefficient (Wildman–Crippen LogP) is 1.47. The number of pyridine rings is 1. The van der Waals surface area contributed by atoms with E-state index in [0.717, 1.165) is 43.9 Å². The van der Waals surface area contributed by atoms with E-state index in [2.05, 4.69) is 15.0 Å². The summed E-state index contributed by atoms with van der Waals surface area (Å²) in [7, 11) is 1.64. The minimum Gasteiger partial charge on any atom is -0.481 e. The summed E-state index contributed by atoms with van der Waals surface area (Å²) in [4.78, 5) is 40.6. The molecule has 2 fully saturated rings. The topological polar surface area (TPSA) is 120 Å². The van der Waals surface area contributed by atoms with Gasteiger partial charge < -0.3 is 9.84 Å². The molecule has 2 aromatic rings. The molecule has 2 aromatic heterocycles. The third-order valence-corrected chi connectivity index (χ3v) is 6.76. The van der Waals surface area contributed by atoms with Crippen LogP contribution in [0.1, 0.15) is 36.6 Å². The molecule has 1 saturated heterocycles. The van der Waals surface area contributed by atoms with Crippen molar-refractivity contribution in [1.82, 2.24) is 24.2 Å². The Morgan fingerprint density at radius 2 is 1.91 bits per heavy atom. The van der Waals surface area contributed by atoms with Crippen molar-refractivity contribution in [3.8, 4) is 5.88 Å². The highest BCUT2D eigenvalue weighted by Crippen LogP contribution is 2.38. The van der Waals surface area contributed by atoms with Crippen molar-refractivity contribution in [1.29, 1.82) is 0 Å². The molecule has 0 aromatic carbocycles. The number of carbonyl (C=O) groups is 1. The number of likely N-dealkylation sites (tertiary alicyclic amines) is 1. The maximum atomic E-state index is 12.6. The lowest BCUT2D eigenvalue weighted by atomic mass is 9.85. The Morgan fingerprint density at radius 1 is 1.20 bits per heavy atom. The molecular weight excluding hydrogens is 471 g/mol. The Kier molecular flexibility index (Phi) is 6.97. The van der Waals surface area contributed by atoms with Crippen LogP contribution >= 0.6 is 0 Å². The number of hydrogen-bond donors (Lipinski definition) is 1. The zero-order valence-electron chi connectivity index (χ0n) is 19.1. The predicted molar refractivity (Wildman–Crippen MR) is 116 cm³/mol. The lowest BCUT2D eigenvalue weighted by Crippen LogP contribution is -2.45. The number of methoxy groups -OCH3 is 1. The number of aromatic nitrogens is 4. The van der Waals surface area contributed by atoms with Crippen LogP contribution in [0, 0.1) is 11.8 Å². The van der Waals surface area contributed by atoms with Gasteiger partial charge in [-0.05, 0) is 24.8 Å². The molecule has 2 aliphatic heterocycles. The van der Waals surface area contributed by atoms with E-state index in [1.54, 1.807) is 17.9 Å². The maximum Gasteiger partial charge on any atom is 0.490 e. The normalized spacial score (nSPS) is 21.5. The van der Waals surface area contributed by atoms with Crippen molar-refractivity contribution < 1.29 is 27.8 Å². The Hall–Kier alpha value is -3.22. The van der Waals surface area contributed by atoms with Gasteiger partial charge >= 0.3 is 23.3 Å². The molecule has 10 nitrogen and oxygen atoms in total. The van der Waals surface area contributed by atoms with Crippen LogP contribution < -0.4 is 15.9 Å². The monoisotopic (exact) mass is 497 g/mol. The van der Waals surface area contributed by atoms with Gasteiger partial charge in [-0.1, -0.05) is 12.5 Å². The second-order valence-corrected chi connectivity index (χ2v) is 9.09. The summed E-state index contributed by atoms with van der Waals surface area (Å²) in [5.74, 6) is -0.306. The van der Waals surface area contributed by atoms with Crippen LogP contribution in [-0.4, -0.2) is 61.7 Å². The first-order chi connectivity index (χ1) is 16.6. The maximum absolute atomic E-state index is 12.6. The minimum atomic E-state index is -5.08. The summed E-state index contributed by atoms with van der Waals surface area (Å²) in [5.41, 5.74) is 0.192. The number of rotatable bonds is 5. The van der Waals surface area contributed by atoms with Gasteiger partial charge in [-0.15, -0.1) is 0 Å². The van der Waals surface area contributed by atoms with Gasteiger partial charge in [-0.3, -0.25) is 19.1 Å². The average molecular weight is 497 g/mol. The molecular formula is C22H26F3N5O5. The van der Waals surface area contributed by atoms with Crippen LogP contribution in [0.2, 0.25) is 0 Å². The number of nitrogens with zero attached hydrogens (tertiary/aromatic N) is 5. The molecule has 13 heteroatoms. The smallest absolute Gasteiger partial charge is 0.481 e. The molecule has 4 heterocycles. The van der Waals surface area contributed by atoms with E-state index in [1.807, 2.05) is 12.1 Å². The molecule has 1 aliphatic carbocycles. The molecule has 0 radical (unpaired) electrons. The number of carboxylic acids is 1. The lowest BCUT2D eigenvalue weighted by Gasteiger charge is -2.25. The Morgan fingerprint density at radius 3 is 2.51 bits per heavy atom. The SMILES string of the molecule is COc1ncccc1CN1CC2Cn3c(nn(CC4CCC4)c(=O)c3=O)C2C1.O=C(O)C(F)(F)F. The molecule has 2 atom stereocenters. The van der Waals surface area contributed by atoms with Crippen LogP contribution in [0.25, 0.3) is 0 Å². The second-order valence-electron chi connectivity index (χ2n) is 9.09. The Balaban J connectivity index is 0.000000364. The number of ether oxygens (including phenoxy) is 1. The van der Waals surface area contributed by atoms with Gasteiger partial charge in [0.2, 0.25) is 5.88 Å². The van der Waals surface area contributed by atoms with E-state index < -0.39 is 23.3 Å². The fourth-order valence-electron chi connectivity index (χ4n) is 4.82. The van der Waals surface area contributed by atoms with Crippen molar-refractivity contribution >= 4 is 5.97 Å². The molecule has 0 bridgehead atoms. The first kappa shape index (κ1) is 24.9. The molecule has 190 valence electrons. The number of alkyl halides is 3. The first-order valence-corrected chi connectivity index (χ1v) is 11.3. The first-order valence-electron chi connectivity index (χ1n) is 11.3. The molecule has 1 N–H and O–H groups in total. The van der Waals surface area contributed by atoms with E-state index >= 15 is 0 Å². The summed E-state index contributed by atoms with van der Waals surface area (Å²) in [6.45, 7) is 3.64. The van der Waals surface area contributed by atoms with Gasteiger partial charge in [0.15, 0.2) is 0 Å². The van der Waals surface area contributed by atoms with Crippen molar-refractivity contribution in [2.24, 2.45) is 11.8 Å². The average Bonchev–Trinajstić information content (AvgIpc) is 3.32. The number of hydrogen-bond acceptors (Lipinski definition) is 7. The van der Waals surface area contributed by atoms with Crippen molar-refractivity contribution in [2.75, 3.05) is 20.2 Å². The molecule has 1 saturated carbocycles. The van der Waals surface area contributed by atoms with Gasteiger partial charge in [-0.25, -0.2) is 14.5 Å². The van der Waals surface area contributed by atoms with Gasteiger partial charge in [0.05, 0.1) is 7.11 Å². The highest BCUT2D eigenvalue weighted by molar-refractivity contribution is 5.73. The van der Waals surface area contributed by atoms with Gasteiger partial charge in [-0.2, -0.15) is 18.3 Å². The largest absolute Gasteiger partial charge is 0.490 e. The van der Waals surface area contributed by atoms with E-state index in [4.69, 9.17) is 14.6 Å². The zero-order chi connectivity index (χ0) is 25.3. The lowest BCUT2D eigenvalue weighted by molar-refractivity contribution is -0.192. The molecule has 0 amide bonds. The van der Waals surface area contributed by atoms with Crippen LogP contribution in [0.15, 0.2) is 27.9 Å². The summed E-state index contributed by atoms with van der Waals surface area (Å²) < 4.78 is 40.2. The number of carboxylic acid groups (broad SMARTS) is 1.